The zero-order chi connectivity index (χ0) is 29.0. The fraction of sp³-hybridized carbons (Fsp3) is 0.269. The molecule has 0 saturated carbocycles. The molecule has 1 N–H and O–H groups in total. The van der Waals surface area contributed by atoms with E-state index in [1.54, 1.807) is 44.2 Å². The molecule has 0 spiro atoms. The molecule has 3 aromatic carbocycles. The number of anilines is 1. The van der Waals surface area contributed by atoms with Crippen molar-refractivity contribution in [2.24, 2.45) is 0 Å². The minimum absolute atomic E-state index is 0.0733. The van der Waals surface area contributed by atoms with Crippen LogP contribution in [0.3, 0.4) is 0 Å². The van der Waals surface area contributed by atoms with Gasteiger partial charge in [0.15, 0.2) is 0 Å². The Bertz CT molecular complexity index is 1390. The number of hydrogen-bond acceptors (Lipinski definition) is 4. The van der Waals surface area contributed by atoms with Crippen LogP contribution in [0.15, 0.2) is 71.6 Å². The van der Waals surface area contributed by atoms with Crippen LogP contribution in [0.4, 0.5) is 32.0 Å². The highest BCUT2D eigenvalue weighted by atomic mass is 32.2. The summed E-state index contributed by atoms with van der Waals surface area (Å²) in [5.41, 5.74) is -3.02. The molecule has 0 bridgehead atoms. The highest BCUT2D eigenvalue weighted by Gasteiger charge is 2.37. The van der Waals surface area contributed by atoms with Gasteiger partial charge in [-0.3, -0.25) is 4.79 Å². The van der Waals surface area contributed by atoms with Crippen LogP contribution in [-0.2, 0) is 33.7 Å². The standard InChI is InChI=1S/C26H24F6N2O4S/c1-3-38-23-10-9-22(11-17(23)2)39(36,37)34(15-18-7-5-4-6-8-18)16-24(35)33-21-13-19(25(27,28)29)12-20(14-21)26(30,31)32/h4-14H,3,15-16H2,1-2H3,(H,33,35). The lowest BCUT2D eigenvalue weighted by Gasteiger charge is -2.23. The number of alkyl halides is 6. The molecule has 0 aliphatic heterocycles. The third-order valence-corrected chi connectivity index (χ3v) is 7.26. The zero-order valence-corrected chi connectivity index (χ0v) is 21.5. The number of carbonyl (C=O) groups is 1. The minimum Gasteiger partial charge on any atom is -0.494 e. The number of sulfonamides is 1. The number of benzene rings is 3. The summed E-state index contributed by atoms with van der Waals surface area (Å²) >= 11 is 0. The molecule has 39 heavy (non-hydrogen) atoms. The summed E-state index contributed by atoms with van der Waals surface area (Å²) in [6, 6.07) is 12.9. The number of carbonyl (C=O) groups excluding carboxylic acids is 1. The molecule has 0 fully saturated rings. The van der Waals surface area contributed by atoms with Gasteiger partial charge < -0.3 is 10.1 Å². The lowest BCUT2D eigenvalue weighted by Crippen LogP contribution is -2.37. The van der Waals surface area contributed by atoms with Gasteiger partial charge in [0.05, 0.1) is 29.2 Å². The number of halogens is 6. The Kier molecular flexibility index (Phi) is 8.96. The summed E-state index contributed by atoms with van der Waals surface area (Å²) < 4.78 is 112. The first-order chi connectivity index (χ1) is 18.1. The van der Waals surface area contributed by atoms with Crippen LogP contribution in [0.5, 0.6) is 5.75 Å². The van der Waals surface area contributed by atoms with Crippen molar-refractivity contribution in [2.45, 2.75) is 37.6 Å². The van der Waals surface area contributed by atoms with Gasteiger partial charge in [0.25, 0.3) is 0 Å². The molecule has 0 heterocycles. The van der Waals surface area contributed by atoms with E-state index < -0.39 is 51.6 Å². The molecular weight excluding hydrogens is 550 g/mol. The number of nitrogens with zero attached hydrogens (tertiary/aromatic N) is 1. The lowest BCUT2D eigenvalue weighted by molar-refractivity contribution is -0.143. The van der Waals surface area contributed by atoms with Gasteiger partial charge in [-0.1, -0.05) is 30.3 Å². The number of ether oxygens (including phenoxy) is 1. The van der Waals surface area contributed by atoms with Crippen molar-refractivity contribution >= 4 is 21.6 Å². The molecule has 0 aliphatic rings. The molecule has 6 nitrogen and oxygen atoms in total. The average Bonchev–Trinajstić information content (AvgIpc) is 2.84. The van der Waals surface area contributed by atoms with Crippen LogP contribution in [-0.4, -0.2) is 31.8 Å². The summed E-state index contributed by atoms with van der Waals surface area (Å²) in [5, 5.41) is 1.98. The predicted molar refractivity (Wildman–Crippen MR) is 131 cm³/mol. The third-order valence-electron chi connectivity index (χ3n) is 5.48. The van der Waals surface area contributed by atoms with Crippen molar-refractivity contribution in [2.75, 3.05) is 18.5 Å². The summed E-state index contributed by atoms with van der Waals surface area (Å²) in [6.45, 7) is 2.55. The van der Waals surface area contributed by atoms with Crippen LogP contribution in [0.2, 0.25) is 0 Å². The molecule has 0 unspecified atom stereocenters. The Balaban J connectivity index is 1.95. The maximum absolute atomic E-state index is 13.5. The van der Waals surface area contributed by atoms with Gasteiger partial charge in [-0.15, -0.1) is 0 Å². The van der Waals surface area contributed by atoms with Crippen LogP contribution in [0.1, 0.15) is 29.2 Å². The van der Waals surface area contributed by atoms with Crippen molar-refractivity contribution in [3.8, 4) is 5.75 Å². The maximum atomic E-state index is 13.5. The zero-order valence-electron chi connectivity index (χ0n) is 20.7. The Morgan fingerprint density at radius 2 is 1.49 bits per heavy atom. The molecule has 0 saturated heterocycles. The van der Waals surface area contributed by atoms with Crippen LogP contribution in [0, 0.1) is 6.92 Å². The molecule has 13 heteroatoms. The molecule has 0 atom stereocenters. The largest absolute Gasteiger partial charge is 0.494 e. The van der Waals surface area contributed by atoms with E-state index in [1.807, 2.05) is 5.32 Å². The van der Waals surface area contributed by atoms with Crippen molar-refractivity contribution in [1.82, 2.24) is 4.31 Å². The number of nitrogens with one attached hydrogen (secondary N) is 1. The topological polar surface area (TPSA) is 75.7 Å². The Hall–Kier alpha value is -3.58. The first-order valence-corrected chi connectivity index (χ1v) is 12.9. The van der Waals surface area contributed by atoms with E-state index in [0.717, 1.165) is 4.31 Å². The van der Waals surface area contributed by atoms with E-state index in [4.69, 9.17) is 4.74 Å². The van der Waals surface area contributed by atoms with E-state index in [-0.39, 0.29) is 17.5 Å². The summed E-state index contributed by atoms with van der Waals surface area (Å²) in [5.74, 6) is -0.682. The van der Waals surface area contributed by atoms with Gasteiger partial charge in [0.2, 0.25) is 15.9 Å². The fourth-order valence-corrected chi connectivity index (χ4v) is 5.12. The van der Waals surface area contributed by atoms with E-state index in [2.05, 4.69) is 0 Å². The van der Waals surface area contributed by atoms with Crippen molar-refractivity contribution in [1.29, 1.82) is 0 Å². The van der Waals surface area contributed by atoms with Gasteiger partial charge in [-0.25, -0.2) is 8.42 Å². The second-order valence-corrected chi connectivity index (χ2v) is 10.4. The fourth-order valence-electron chi connectivity index (χ4n) is 3.65. The van der Waals surface area contributed by atoms with Crippen LogP contribution in [0.25, 0.3) is 0 Å². The average molecular weight is 575 g/mol. The summed E-state index contributed by atoms with van der Waals surface area (Å²) in [6.07, 6.45) is -10.2. The normalized spacial score (nSPS) is 12.4. The molecule has 0 radical (unpaired) electrons. The van der Waals surface area contributed by atoms with Crippen LogP contribution >= 0.6 is 0 Å². The van der Waals surface area contributed by atoms with Crippen molar-refractivity contribution in [3.05, 3.63) is 89.0 Å². The molecule has 0 aromatic heterocycles. The van der Waals surface area contributed by atoms with Crippen molar-refractivity contribution in [3.63, 3.8) is 0 Å². The minimum atomic E-state index is -5.12. The van der Waals surface area contributed by atoms with E-state index in [9.17, 15) is 39.6 Å². The Labute approximate surface area is 221 Å². The lowest BCUT2D eigenvalue weighted by atomic mass is 10.1. The third kappa shape index (κ3) is 7.73. The quantitative estimate of drug-likeness (QED) is 0.306. The van der Waals surface area contributed by atoms with Gasteiger partial charge >= 0.3 is 12.4 Å². The van der Waals surface area contributed by atoms with E-state index in [0.29, 0.717) is 35.6 Å². The monoisotopic (exact) mass is 574 g/mol. The first kappa shape index (κ1) is 30.0. The second kappa shape index (κ2) is 11.7. The highest BCUT2D eigenvalue weighted by Crippen LogP contribution is 2.37. The van der Waals surface area contributed by atoms with Gasteiger partial charge in [0, 0.05) is 12.2 Å². The highest BCUT2D eigenvalue weighted by molar-refractivity contribution is 7.89. The number of amides is 1. The molecule has 3 aromatic rings. The van der Waals surface area contributed by atoms with Gasteiger partial charge in [-0.2, -0.15) is 30.6 Å². The van der Waals surface area contributed by atoms with Gasteiger partial charge in [0.1, 0.15) is 5.75 Å². The SMILES string of the molecule is CCOc1ccc(S(=O)(=O)N(CC(=O)Nc2cc(C(F)(F)F)cc(C(F)(F)F)c2)Cc2ccccc2)cc1C. The second-order valence-electron chi connectivity index (χ2n) is 8.46. The molecule has 0 aliphatic carbocycles. The molecule has 3 rings (SSSR count). The predicted octanol–water partition coefficient (Wildman–Crippen LogP) is 6.26. The Morgan fingerprint density at radius 3 is 2.00 bits per heavy atom. The number of rotatable bonds is 9. The van der Waals surface area contributed by atoms with E-state index in [1.165, 1.54) is 18.2 Å². The number of aryl methyl sites for hydroxylation is 1. The Morgan fingerprint density at radius 1 is 0.897 bits per heavy atom. The molecular formula is C26H24F6N2O4S. The summed E-state index contributed by atoms with van der Waals surface area (Å²) in [7, 11) is -4.35. The summed E-state index contributed by atoms with van der Waals surface area (Å²) in [4.78, 5) is 12.6. The smallest absolute Gasteiger partial charge is 0.416 e. The molecule has 210 valence electrons. The first-order valence-electron chi connectivity index (χ1n) is 11.5. The molecule has 1 amide bonds. The maximum Gasteiger partial charge on any atom is 0.416 e. The van der Waals surface area contributed by atoms with Crippen molar-refractivity contribution < 1.29 is 44.3 Å². The number of hydrogen-bond donors (Lipinski definition) is 1. The van der Waals surface area contributed by atoms with E-state index >= 15 is 0 Å². The van der Waals surface area contributed by atoms with Crippen LogP contribution < -0.4 is 10.1 Å². The van der Waals surface area contributed by atoms with Gasteiger partial charge in [-0.05, 0) is 61.4 Å².